The molecule has 0 saturated heterocycles. The second-order valence-corrected chi connectivity index (χ2v) is 26.4. The number of para-hydroxylation sites is 2. The molecular weight excluding hydrogens is 1080 g/mol. The Balaban J connectivity index is 1.08. The molecule has 0 aliphatic carbocycles. The summed E-state index contributed by atoms with van der Waals surface area (Å²) in [6, 6.07) is 81.4. The Morgan fingerprint density at radius 3 is 1.18 bits per heavy atom. The molecule has 0 unspecified atom stereocenters. The second kappa shape index (κ2) is 20.7. The first-order chi connectivity index (χ1) is 42.5. The first kappa shape index (κ1) is 54.3. The van der Waals surface area contributed by atoms with Crippen LogP contribution < -0.4 is 26.0 Å². The monoisotopic (exact) mass is 1140 g/mol. The molecule has 0 spiro atoms. The Morgan fingerprint density at radius 2 is 0.739 bits per heavy atom. The van der Waals surface area contributed by atoms with Gasteiger partial charge in [-0.05, 0) is 91.8 Å². The quantitative estimate of drug-likeness (QED) is 0.139. The lowest BCUT2D eigenvalue weighted by Gasteiger charge is -2.41. The molecule has 0 N–H and O–H groups in total. The van der Waals surface area contributed by atoms with Crippen molar-refractivity contribution in [1.82, 2.24) is 34.5 Å². The first-order valence-corrected chi connectivity index (χ1v) is 30.4. The second-order valence-electron chi connectivity index (χ2n) is 26.4. The molecule has 0 atom stereocenters. The van der Waals surface area contributed by atoms with Crippen LogP contribution in [0.5, 0.6) is 11.5 Å². The molecule has 9 nitrogen and oxygen atoms in total. The minimum absolute atomic E-state index is 0.0527. The average molecular weight is 1140 g/mol. The summed E-state index contributed by atoms with van der Waals surface area (Å²) < 4.78 is 9.89. The summed E-state index contributed by atoms with van der Waals surface area (Å²) in [5, 5.41) is 2.00. The molecule has 0 radical (unpaired) electrons. The van der Waals surface area contributed by atoms with Crippen LogP contribution >= 0.6 is 0 Å². The zero-order valence-corrected chi connectivity index (χ0v) is 51.0. The van der Waals surface area contributed by atoms with Gasteiger partial charge < -0.3 is 14.2 Å². The molecule has 5 heterocycles. The Morgan fingerprint density at radius 1 is 0.330 bits per heavy atom. The fourth-order valence-corrected chi connectivity index (χ4v) is 12.8. The number of rotatable bonds is 8. The molecule has 0 fully saturated rings. The van der Waals surface area contributed by atoms with E-state index in [4.69, 9.17) is 34.6 Å². The smallest absolute Gasteiger partial charge is 0.256 e. The van der Waals surface area contributed by atoms with Crippen molar-refractivity contribution in [2.75, 3.05) is 4.90 Å². The number of hydrogen-bond acceptors (Lipinski definition) is 8. The number of aromatic nitrogens is 7. The predicted molar refractivity (Wildman–Crippen MR) is 362 cm³/mol. The molecule has 2 aliphatic heterocycles. The van der Waals surface area contributed by atoms with Crippen LogP contribution in [-0.4, -0.2) is 41.2 Å². The molecule has 3 aromatic heterocycles. The van der Waals surface area contributed by atoms with E-state index >= 15 is 0 Å². The fourth-order valence-electron chi connectivity index (χ4n) is 12.8. The maximum absolute atomic E-state index is 7.50. The van der Waals surface area contributed by atoms with Gasteiger partial charge >= 0.3 is 0 Å². The van der Waals surface area contributed by atoms with Gasteiger partial charge in [0.25, 0.3) is 6.71 Å². The van der Waals surface area contributed by atoms with E-state index < -0.39 is 0 Å². The van der Waals surface area contributed by atoms with Crippen molar-refractivity contribution in [3.05, 3.63) is 247 Å². The highest BCUT2D eigenvalue weighted by Gasteiger charge is 2.44. The zero-order valence-electron chi connectivity index (χ0n) is 51.0. The maximum atomic E-state index is 7.50. The third kappa shape index (κ3) is 9.42. The summed E-state index contributed by atoms with van der Waals surface area (Å²) in [6.07, 6.45) is 0. The van der Waals surface area contributed by atoms with Crippen LogP contribution in [0.2, 0.25) is 0 Å². The molecule has 2 aliphatic rings. The van der Waals surface area contributed by atoms with Crippen molar-refractivity contribution in [3.63, 3.8) is 0 Å². The molecule has 15 rings (SSSR count). The van der Waals surface area contributed by atoms with Crippen molar-refractivity contribution in [2.45, 2.75) is 78.6 Å². The largest absolute Gasteiger partial charge is 0.458 e. The van der Waals surface area contributed by atoms with Crippen LogP contribution in [0, 0.1) is 0 Å². The number of hydrogen-bond donors (Lipinski definition) is 0. The van der Waals surface area contributed by atoms with E-state index in [1.807, 2.05) is 72.8 Å². The van der Waals surface area contributed by atoms with Gasteiger partial charge in [0.1, 0.15) is 11.5 Å². The topological polar surface area (TPSA) is 94.7 Å². The first-order valence-electron chi connectivity index (χ1n) is 30.4. The van der Waals surface area contributed by atoms with E-state index in [1.165, 1.54) is 22.2 Å². The molecule has 0 bridgehead atoms. The number of anilines is 3. The van der Waals surface area contributed by atoms with Gasteiger partial charge in [-0.2, -0.15) is 0 Å². The highest BCUT2D eigenvalue weighted by Crippen LogP contribution is 2.47. The Kier molecular flexibility index (Phi) is 12.8. The molecular formula is C78H65BN8O. The van der Waals surface area contributed by atoms with Gasteiger partial charge in [-0.25, -0.2) is 29.9 Å². The molecule has 10 aromatic carbocycles. The fraction of sp³-hybridized carbons (Fsp3) is 0.154. The Labute approximate surface area is 514 Å². The van der Waals surface area contributed by atoms with Crippen LogP contribution in [0.25, 0.3) is 95.8 Å². The van der Waals surface area contributed by atoms with Crippen molar-refractivity contribution in [3.8, 4) is 85.5 Å². The SMILES string of the molecule is CC(C)(C)c1ccc(N2c3ccc(C(C)(C)C)cc3B3c4cc(C(C)(C)C)ccc4Oc4cc(-n5c6c(-c7nc(-c8ccccc8)nc(-c8ccccc8)n7)cccc6c6cccc(-c7nc(-c8ccccc8)nc(-c8ccccc8)n7)c65)cc2c43)cc1. The average Bonchev–Trinajstić information content (AvgIpc) is 1.19. The highest BCUT2D eigenvalue weighted by molar-refractivity contribution is 6.99. The summed E-state index contributed by atoms with van der Waals surface area (Å²) in [5.74, 6) is 4.97. The van der Waals surface area contributed by atoms with Gasteiger partial charge in [-0.3, -0.25) is 0 Å². The van der Waals surface area contributed by atoms with Crippen LogP contribution in [0.1, 0.15) is 79.0 Å². The minimum atomic E-state index is -0.159. The van der Waals surface area contributed by atoms with Crippen LogP contribution in [-0.2, 0) is 16.2 Å². The van der Waals surface area contributed by atoms with E-state index in [-0.39, 0.29) is 23.0 Å². The number of nitrogens with zero attached hydrogens (tertiary/aromatic N) is 8. The molecule has 426 valence electrons. The Bertz CT molecular complexity index is 4570. The zero-order chi connectivity index (χ0) is 60.2. The van der Waals surface area contributed by atoms with E-state index in [1.54, 1.807) is 0 Å². The number of fused-ring (bicyclic) bond motifs is 7. The lowest BCUT2D eigenvalue weighted by atomic mass is 9.33. The molecule has 0 amide bonds. The standard InChI is InChI=1S/C78H65BN8O/c1-76(2,3)52-36-40-55(41-37-52)86-63-42-38-53(77(4,5)6)44-61(63)79-62-45-54(78(7,8)9)39-43-65(62)88-66-47-56(46-64(86)67(66)79)87-68-57(32-22-34-59(68)74-82-70(48-24-14-10-15-25-48)80-71(83-74)49-26-16-11-17-27-49)58-33-23-35-60(69(58)87)75-84-72(50-28-18-12-19-29-50)81-73(85-75)51-30-20-13-21-31-51/h10-47H,1-9H3. The van der Waals surface area contributed by atoms with Crippen LogP contribution in [0.3, 0.4) is 0 Å². The van der Waals surface area contributed by atoms with Crippen molar-refractivity contribution >= 4 is 62.0 Å². The van der Waals surface area contributed by atoms with Gasteiger partial charge in [-0.1, -0.05) is 244 Å². The van der Waals surface area contributed by atoms with Gasteiger partial charge in [0.05, 0.1) is 16.7 Å². The summed E-state index contributed by atoms with van der Waals surface area (Å²) in [4.78, 5) is 34.5. The van der Waals surface area contributed by atoms with Crippen molar-refractivity contribution in [2.24, 2.45) is 0 Å². The van der Waals surface area contributed by atoms with E-state index in [9.17, 15) is 0 Å². The number of benzene rings is 10. The van der Waals surface area contributed by atoms with Crippen LogP contribution in [0.4, 0.5) is 17.1 Å². The van der Waals surface area contributed by atoms with Gasteiger partial charge in [-0.15, -0.1) is 0 Å². The maximum Gasteiger partial charge on any atom is 0.256 e. The van der Waals surface area contributed by atoms with Crippen molar-refractivity contribution < 1.29 is 4.74 Å². The Hall–Kier alpha value is -10.3. The van der Waals surface area contributed by atoms with E-state index in [0.29, 0.717) is 34.9 Å². The number of ether oxygens (including phenoxy) is 1. The third-order valence-electron chi connectivity index (χ3n) is 17.4. The predicted octanol–water partition coefficient (Wildman–Crippen LogP) is 17.5. The minimum Gasteiger partial charge on any atom is -0.458 e. The third-order valence-corrected chi connectivity index (χ3v) is 17.4. The van der Waals surface area contributed by atoms with Gasteiger partial charge in [0.2, 0.25) is 0 Å². The van der Waals surface area contributed by atoms with Crippen molar-refractivity contribution in [1.29, 1.82) is 0 Å². The lowest BCUT2D eigenvalue weighted by molar-refractivity contribution is 0.486. The van der Waals surface area contributed by atoms with Gasteiger partial charge in [0.15, 0.2) is 34.9 Å². The summed E-state index contributed by atoms with van der Waals surface area (Å²) in [5.41, 5.74) is 18.1. The summed E-state index contributed by atoms with van der Waals surface area (Å²) in [6.45, 7) is 20.4. The summed E-state index contributed by atoms with van der Waals surface area (Å²) >= 11 is 0. The van der Waals surface area contributed by atoms with E-state index in [0.717, 1.165) is 100 Å². The van der Waals surface area contributed by atoms with Gasteiger partial charge in [0, 0.05) is 67.3 Å². The normalized spacial score (nSPS) is 12.9. The summed E-state index contributed by atoms with van der Waals surface area (Å²) in [7, 11) is 0. The van der Waals surface area contributed by atoms with Crippen LogP contribution in [0.15, 0.2) is 231 Å². The highest BCUT2D eigenvalue weighted by atomic mass is 16.5. The van der Waals surface area contributed by atoms with E-state index in [2.05, 4.69) is 230 Å². The molecule has 88 heavy (non-hydrogen) atoms. The molecule has 0 saturated carbocycles. The lowest BCUT2D eigenvalue weighted by Crippen LogP contribution is -2.60. The molecule has 10 heteroatoms. The molecule has 13 aromatic rings.